The molecule has 0 aromatic heterocycles. The molecule has 1 aromatic carbocycles. The van der Waals surface area contributed by atoms with Crippen LogP contribution in [0.25, 0.3) is 0 Å². The lowest BCUT2D eigenvalue weighted by Gasteiger charge is -2.12. The first-order valence-electron chi connectivity index (χ1n) is 6.19. The minimum Gasteiger partial charge on any atom is -0.306 e. The Balaban J connectivity index is 1.85. The number of fused-ring (bicyclic) bond motifs is 1. The first-order valence-corrected chi connectivity index (χ1v) is 7.85. The molecule has 2 aliphatic rings. The summed E-state index contributed by atoms with van der Waals surface area (Å²) in [4.78, 5) is 0.520. The number of nitrogens with one attached hydrogen (secondary N) is 1. The largest absolute Gasteiger partial charge is 0.306 e. The SMILES string of the molecule is CCC1CC1NC1CS(=O)(=O)c2ccccc21. The molecule has 3 atom stereocenters. The lowest BCUT2D eigenvalue weighted by atomic mass is 10.1. The van der Waals surface area contributed by atoms with E-state index in [1.54, 1.807) is 12.1 Å². The van der Waals surface area contributed by atoms with Crippen molar-refractivity contribution in [2.24, 2.45) is 5.92 Å². The highest BCUT2D eigenvalue weighted by molar-refractivity contribution is 7.91. The fourth-order valence-electron chi connectivity index (χ4n) is 2.75. The molecule has 1 aromatic rings. The Hall–Kier alpha value is -0.870. The molecule has 17 heavy (non-hydrogen) atoms. The van der Waals surface area contributed by atoms with Crippen LogP contribution in [0.2, 0.25) is 0 Å². The molecular weight excluding hydrogens is 234 g/mol. The van der Waals surface area contributed by atoms with Gasteiger partial charge in [0.25, 0.3) is 0 Å². The molecular formula is C13H17NO2S. The molecule has 1 aliphatic heterocycles. The Morgan fingerprint density at radius 1 is 1.35 bits per heavy atom. The second kappa shape index (κ2) is 3.82. The van der Waals surface area contributed by atoms with Gasteiger partial charge in [-0.25, -0.2) is 8.42 Å². The summed E-state index contributed by atoms with van der Waals surface area (Å²) in [5.74, 6) is 0.963. The predicted octanol–water partition coefficient (Wildman–Crippen LogP) is 1.90. The van der Waals surface area contributed by atoms with Gasteiger partial charge in [-0.05, 0) is 24.0 Å². The smallest absolute Gasteiger partial charge is 0.180 e. The number of rotatable bonds is 3. The highest BCUT2D eigenvalue weighted by atomic mass is 32.2. The van der Waals surface area contributed by atoms with Crippen LogP contribution < -0.4 is 5.32 Å². The number of hydrogen-bond donors (Lipinski definition) is 1. The van der Waals surface area contributed by atoms with Gasteiger partial charge in [-0.3, -0.25) is 0 Å². The zero-order chi connectivity index (χ0) is 12.0. The minimum atomic E-state index is -3.06. The predicted molar refractivity (Wildman–Crippen MR) is 66.6 cm³/mol. The van der Waals surface area contributed by atoms with Crippen molar-refractivity contribution < 1.29 is 8.42 Å². The van der Waals surface area contributed by atoms with Crippen LogP contribution in [0, 0.1) is 5.92 Å². The molecule has 1 heterocycles. The van der Waals surface area contributed by atoms with Gasteiger partial charge in [-0.1, -0.05) is 31.5 Å². The summed E-state index contributed by atoms with van der Waals surface area (Å²) in [7, 11) is -3.06. The molecule has 1 fully saturated rings. The topological polar surface area (TPSA) is 46.2 Å². The quantitative estimate of drug-likeness (QED) is 0.892. The van der Waals surface area contributed by atoms with Crippen LogP contribution in [-0.4, -0.2) is 20.2 Å². The third-order valence-corrected chi connectivity index (χ3v) is 5.69. The van der Waals surface area contributed by atoms with E-state index >= 15 is 0 Å². The lowest BCUT2D eigenvalue weighted by Crippen LogP contribution is -2.26. The Labute approximate surface area is 102 Å². The maximum absolute atomic E-state index is 12.0. The van der Waals surface area contributed by atoms with E-state index in [-0.39, 0.29) is 11.8 Å². The van der Waals surface area contributed by atoms with Crippen LogP contribution in [0.4, 0.5) is 0 Å². The molecule has 0 spiro atoms. The Bertz CT molecular complexity index is 538. The van der Waals surface area contributed by atoms with Gasteiger partial charge in [-0.15, -0.1) is 0 Å². The van der Waals surface area contributed by atoms with Gasteiger partial charge in [0, 0.05) is 12.1 Å². The third kappa shape index (κ3) is 1.89. The number of sulfone groups is 1. The molecule has 0 bridgehead atoms. The van der Waals surface area contributed by atoms with E-state index in [0.29, 0.717) is 10.9 Å². The first kappa shape index (κ1) is 11.2. The fourth-order valence-corrected chi connectivity index (χ4v) is 4.50. The van der Waals surface area contributed by atoms with Crippen LogP contribution in [-0.2, 0) is 9.84 Å². The van der Waals surface area contributed by atoms with Gasteiger partial charge in [0.15, 0.2) is 9.84 Å². The molecule has 92 valence electrons. The molecule has 1 saturated carbocycles. The van der Waals surface area contributed by atoms with E-state index < -0.39 is 9.84 Å². The maximum Gasteiger partial charge on any atom is 0.180 e. The van der Waals surface area contributed by atoms with Crippen LogP contribution in [0.15, 0.2) is 29.2 Å². The average Bonchev–Trinajstić information content (AvgIpc) is 3.01. The summed E-state index contributed by atoms with van der Waals surface area (Å²) in [6.07, 6.45) is 2.37. The van der Waals surface area contributed by atoms with Gasteiger partial charge < -0.3 is 5.32 Å². The molecule has 3 unspecified atom stereocenters. The summed E-state index contributed by atoms with van der Waals surface area (Å²) >= 11 is 0. The maximum atomic E-state index is 12.0. The molecule has 1 aliphatic carbocycles. The van der Waals surface area contributed by atoms with Crippen molar-refractivity contribution in [3.63, 3.8) is 0 Å². The monoisotopic (exact) mass is 251 g/mol. The van der Waals surface area contributed by atoms with Crippen LogP contribution in [0.5, 0.6) is 0 Å². The molecule has 3 rings (SSSR count). The second-order valence-corrected chi connectivity index (χ2v) is 7.05. The van der Waals surface area contributed by atoms with E-state index in [1.165, 1.54) is 12.8 Å². The molecule has 0 saturated heterocycles. The van der Waals surface area contributed by atoms with Gasteiger partial charge >= 0.3 is 0 Å². The summed E-state index contributed by atoms with van der Waals surface area (Å²) in [5.41, 5.74) is 0.953. The van der Waals surface area contributed by atoms with Gasteiger partial charge in [0.05, 0.1) is 10.6 Å². The lowest BCUT2D eigenvalue weighted by molar-refractivity contribution is 0.539. The van der Waals surface area contributed by atoms with Crippen molar-refractivity contribution in [1.82, 2.24) is 5.32 Å². The van der Waals surface area contributed by atoms with E-state index in [4.69, 9.17) is 0 Å². The summed E-state index contributed by atoms with van der Waals surface area (Å²) < 4.78 is 24.0. The van der Waals surface area contributed by atoms with Crippen molar-refractivity contribution >= 4 is 9.84 Å². The summed E-state index contributed by atoms with van der Waals surface area (Å²) in [5, 5.41) is 3.49. The highest BCUT2D eigenvalue weighted by Crippen LogP contribution is 2.39. The minimum absolute atomic E-state index is 0.00208. The van der Waals surface area contributed by atoms with E-state index in [9.17, 15) is 8.42 Å². The molecule has 0 radical (unpaired) electrons. The first-order chi connectivity index (χ1) is 8.12. The van der Waals surface area contributed by atoms with Crippen molar-refractivity contribution in [1.29, 1.82) is 0 Å². The molecule has 3 nitrogen and oxygen atoms in total. The van der Waals surface area contributed by atoms with Gasteiger partial charge in [-0.2, -0.15) is 0 Å². The molecule has 4 heteroatoms. The third-order valence-electron chi connectivity index (χ3n) is 3.88. The standard InChI is InChI=1S/C13H17NO2S/c1-2-9-7-11(9)14-12-8-17(15,16)13-6-4-3-5-10(12)13/h3-6,9,11-12,14H,2,7-8H2,1H3. The van der Waals surface area contributed by atoms with Crippen molar-refractivity contribution in [3.05, 3.63) is 29.8 Å². The van der Waals surface area contributed by atoms with Crippen molar-refractivity contribution in [2.75, 3.05) is 5.75 Å². The van der Waals surface area contributed by atoms with E-state index in [2.05, 4.69) is 12.2 Å². The van der Waals surface area contributed by atoms with Crippen molar-refractivity contribution in [3.8, 4) is 0 Å². The Kier molecular flexibility index (Phi) is 2.52. The fraction of sp³-hybridized carbons (Fsp3) is 0.538. The Morgan fingerprint density at radius 3 is 2.82 bits per heavy atom. The summed E-state index contributed by atoms with van der Waals surface area (Å²) in [6.45, 7) is 2.19. The Morgan fingerprint density at radius 2 is 2.12 bits per heavy atom. The average molecular weight is 251 g/mol. The molecule has 1 N–H and O–H groups in total. The van der Waals surface area contributed by atoms with Gasteiger partial charge in [0.2, 0.25) is 0 Å². The number of benzene rings is 1. The zero-order valence-electron chi connectivity index (χ0n) is 9.89. The van der Waals surface area contributed by atoms with E-state index in [1.807, 2.05) is 12.1 Å². The van der Waals surface area contributed by atoms with Crippen LogP contribution >= 0.6 is 0 Å². The number of hydrogen-bond acceptors (Lipinski definition) is 3. The zero-order valence-corrected chi connectivity index (χ0v) is 10.7. The normalized spacial score (nSPS) is 33.4. The van der Waals surface area contributed by atoms with Crippen LogP contribution in [0.1, 0.15) is 31.4 Å². The second-order valence-electron chi connectivity index (χ2n) is 5.05. The van der Waals surface area contributed by atoms with Gasteiger partial charge in [0.1, 0.15) is 0 Å². The van der Waals surface area contributed by atoms with Crippen molar-refractivity contribution in [2.45, 2.75) is 36.7 Å². The molecule has 0 amide bonds. The summed E-state index contributed by atoms with van der Waals surface area (Å²) in [6, 6.07) is 7.88. The van der Waals surface area contributed by atoms with Crippen LogP contribution in [0.3, 0.4) is 0 Å². The highest BCUT2D eigenvalue weighted by Gasteiger charge is 2.41. The van der Waals surface area contributed by atoms with E-state index in [0.717, 1.165) is 11.5 Å².